The molecular weight excluding hydrogens is 488 g/mol. The molecule has 2 aromatic heterocycles. The molecule has 0 N–H and O–H groups in total. The third-order valence-corrected chi connectivity index (χ3v) is 10.1. The molecule has 2 aliphatic carbocycles. The first-order chi connectivity index (χ1) is 19.6. The average molecular weight is 526 g/mol. The summed E-state index contributed by atoms with van der Waals surface area (Å²) in [7, 11) is 2.07. The van der Waals surface area contributed by atoms with E-state index in [9.17, 15) is 5.26 Å². The zero-order chi connectivity index (χ0) is 27.3. The van der Waals surface area contributed by atoms with Crippen molar-refractivity contribution < 1.29 is 8.98 Å². The minimum absolute atomic E-state index is 0.597. The van der Waals surface area contributed by atoms with Crippen molar-refractivity contribution >= 4 is 21.9 Å². The summed E-state index contributed by atoms with van der Waals surface area (Å²) in [5, 5.41) is 12.3. The average Bonchev–Trinajstić information content (AvgIpc) is 3.36. The van der Waals surface area contributed by atoms with Crippen molar-refractivity contribution in [2.75, 3.05) is 0 Å². The van der Waals surface area contributed by atoms with Crippen molar-refractivity contribution in [3.05, 3.63) is 89.6 Å². The second-order valence-corrected chi connectivity index (χ2v) is 12.4. The lowest BCUT2D eigenvalue weighted by Gasteiger charge is -2.43. The Morgan fingerprint density at radius 1 is 0.825 bits per heavy atom. The number of aromatic nitrogens is 1. The van der Waals surface area contributed by atoms with Gasteiger partial charge in [0, 0.05) is 28.5 Å². The van der Waals surface area contributed by atoms with E-state index in [2.05, 4.69) is 85.4 Å². The van der Waals surface area contributed by atoms with Crippen molar-refractivity contribution in [3.8, 4) is 28.5 Å². The fourth-order valence-corrected chi connectivity index (χ4v) is 7.80. The normalized spacial score (nSPS) is 17.4. The number of nitriles is 1. The molecule has 0 amide bonds. The number of nitrogens with zero attached hydrogens (tertiary/aromatic N) is 2. The van der Waals surface area contributed by atoms with Crippen LogP contribution in [0, 0.1) is 23.7 Å². The highest BCUT2D eigenvalue weighted by atomic mass is 16.3. The van der Waals surface area contributed by atoms with Gasteiger partial charge < -0.3 is 4.42 Å². The Balaban J connectivity index is 1.34. The van der Waals surface area contributed by atoms with Crippen LogP contribution in [-0.4, -0.2) is 0 Å². The maximum atomic E-state index is 10.2. The van der Waals surface area contributed by atoms with Crippen LogP contribution in [0.5, 0.6) is 0 Å². The molecule has 2 fully saturated rings. The predicted octanol–water partition coefficient (Wildman–Crippen LogP) is 9.53. The van der Waals surface area contributed by atoms with E-state index < -0.39 is 0 Å². The third kappa shape index (κ3) is 4.13. The second-order valence-electron chi connectivity index (χ2n) is 12.4. The van der Waals surface area contributed by atoms with Crippen molar-refractivity contribution in [2.45, 2.75) is 70.6 Å². The molecular formula is C37H37N2O+. The maximum absolute atomic E-state index is 10.2. The number of furan rings is 1. The van der Waals surface area contributed by atoms with Crippen LogP contribution in [0.3, 0.4) is 0 Å². The monoisotopic (exact) mass is 525 g/mol. The van der Waals surface area contributed by atoms with Gasteiger partial charge in [0.2, 0.25) is 5.69 Å². The van der Waals surface area contributed by atoms with E-state index in [0.29, 0.717) is 16.9 Å². The molecule has 0 saturated heterocycles. The SMILES string of the molecule is Cc1ccc2c(oc3c(-c4cccc(C5CCC6(CCCCC6)CC5)c4)c(C#N)ccc32)c1-c1cccc[n+]1C. The first kappa shape index (κ1) is 25.1. The molecule has 3 aromatic carbocycles. The molecule has 7 rings (SSSR count). The fraction of sp³-hybridized carbons (Fsp3) is 0.351. The number of aryl methyl sites for hydroxylation is 2. The van der Waals surface area contributed by atoms with E-state index in [-0.39, 0.29) is 0 Å². The van der Waals surface area contributed by atoms with Gasteiger partial charge in [0.05, 0.1) is 17.2 Å². The highest BCUT2D eigenvalue weighted by Gasteiger charge is 2.36. The molecule has 0 unspecified atom stereocenters. The van der Waals surface area contributed by atoms with Crippen LogP contribution in [0.15, 0.2) is 77.3 Å². The van der Waals surface area contributed by atoms with E-state index in [0.717, 1.165) is 44.3 Å². The molecule has 1 spiro atoms. The van der Waals surface area contributed by atoms with Crippen LogP contribution in [0.1, 0.15) is 80.4 Å². The van der Waals surface area contributed by atoms with Crippen LogP contribution in [0.4, 0.5) is 0 Å². The zero-order valence-corrected chi connectivity index (χ0v) is 23.7. The lowest BCUT2D eigenvalue weighted by molar-refractivity contribution is -0.660. The van der Waals surface area contributed by atoms with Crippen LogP contribution in [0.2, 0.25) is 0 Å². The largest absolute Gasteiger partial charge is 0.454 e. The second kappa shape index (κ2) is 9.93. The summed E-state index contributed by atoms with van der Waals surface area (Å²) in [5.74, 6) is 0.597. The van der Waals surface area contributed by atoms with Crippen LogP contribution in [0.25, 0.3) is 44.3 Å². The standard InChI is InChI=1S/C37H37N2O/c1-25-12-14-30-31-15-13-29(24-38)34(36(31)40-35(30)33(25)32-11-4-7-22-39(32)2)28-10-8-9-27(23-28)26-16-20-37(21-17-26)18-5-3-6-19-37/h4,7-15,22-23,26H,3,5-6,16-21H2,1-2H3/q+1. The van der Waals surface area contributed by atoms with Gasteiger partial charge in [-0.15, -0.1) is 0 Å². The van der Waals surface area contributed by atoms with E-state index in [1.807, 2.05) is 12.1 Å². The first-order valence-electron chi connectivity index (χ1n) is 15.0. The molecule has 2 aliphatic rings. The number of benzene rings is 3. The first-order valence-corrected chi connectivity index (χ1v) is 15.0. The third-order valence-electron chi connectivity index (χ3n) is 10.1. The Morgan fingerprint density at radius 2 is 1.57 bits per heavy atom. The molecule has 2 saturated carbocycles. The predicted molar refractivity (Wildman–Crippen MR) is 162 cm³/mol. The molecule has 40 heavy (non-hydrogen) atoms. The smallest absolute Gasteiger partial charge is 0.216 e. The topological polar surface area (TPSA) is 40.8 Å². The zero-order valence-electron chi connectivity index (χ0n) is 23.7. The number of hydrogen-bond donors (Lipinski definition) is 0. The Morgan fingerprint density at radius 3 is 2.33 bits per heavy atom. The Bertz CT molecular complexity index is 1770. The van der Waals surface area contributed by atoms with Crippen molar-refractivity contribution in [2.24, 2.45) is 12.5 Å². The minimum atomic E-state index is 0.597. The molecule has 0 radical (unpaired) electrons. The van der Waals surface area contributed by atoms with Gasteiger partial charge in [-0.2, -0.15) is 5.26 Å². The minimum Gasteiger partial charge on any atom is -0.454 e. The summed E-state index contributed by atoms with van der Waals surface area (Å²) in [6.45, 7) is 2.14. The van der Waals surface area contributed by atoms with Gasteiger partial charge in [0.15, 0.2) is 6.20 Å². The summed E-state index contributed by atoms with van der Waals surface area (Å²) >= 11 is 0. The molecule has 0 aliphatic heterocycles. The van der Waals surface area contributed by atoms with Crippen molar-refractivity contribution in [1.82, 2.24) is 0 Å². The van der Waals surface area contributed by atoms with Crippen molar-refractivity contribution in [3.63, 3.8) is 0 Å². The van der Waals surface area contributed by atoms with Gasteiger partial charge in [-0.1, -0.05) is 55.7 Å². The van der Waals surface area contributed by atoms with E-state index in [4.69, 9.17) is 4.42 Å². The number of fused-ring (bicyclic) bond motifs is 3. The molecule has 200 valence electrons. The van der Waals surface area contributed by atoms with E-state index in [1.165, 1.54) is 68.9 Å². The van der Waals surface area contributed by atoms with Gasteiger partial charge in [0.1, 0.15) is 18.2 Å². The summed E-state index contributed by atoms with van der Waals surface area (Å²) in [6, 6.07) is 26.1. The van der Waals surface area contributed by atoms with Gasteiger partial charge in [-0.25, -0.2) is 4.57 Å². The summed E-state index contributed by atoms with van der Waals surface area (Å²) in [6.07, 6.45) is 14.5. The number of hydrogen-bond acceptors (Lipinski definition) is 2. The molecule has 2 heterocycles. The van der Waals surface area contributed by atoms with E-state index >= 15 is 0 Å². The molecule has 3 heteroatoms. The van der Waals surface area contributed by atoms with Crippen molar-refractivity contribution in [1.29, 1.82) is 5.26 Å². The summed E-state index contributed by atoms with van der Waals surface area (Å²) < 4.78 is 8.94. The molecule has 0 bridgehead atoms. The lowest BCUT2D eigenvalue weighted by atomic mass is 9.62. The summed E-state index contributed by atoms with van der Waals surface area (Å²) in [5.41, 5.74) is 9.77. The number of rotatable bonds is 3. The molecule has 3 nitrogen and oxygen atoms in total. The van der Waals surface area contributed by atoms with Crippen LogP contribution >= 0.6 is 0 Å². The highest BCUT2D eigenvalue weighted by molar-refractivity contribution is 6.14. The number of pyridine rings is 1. The quantitative estimate of drug-likeness (QED) is 0.220. The van der Waals surface area contributed by atoms with Gasteiger partial charge >= 0.3 is 0 Å². The lowest BCUT2D eigenvalue weighted by Crippen LogP contribution is -2.30. The van der Waals surface area contributed by atoms with Gasteiger partial charge in [0.25, 0.3) is 0 Å². The maximum Gasteiger partial charge on any atom is 0.216 e. The van der Waals surface area contributed by atoms with Crippen LogP contribution < -0.4 is 4.57 Å². The summed E-state index contributed by atoms with van der Waals surface area (Å²) in [4.78, 5) is 0. The fourth-order valence-electron chi connectivity index (χ4n) is 7.80. The Kier molecular flexibility index (Phi) is 6.23. The highest BCUT2D eigenvalue weighted by Crippen LogP contribution is 2.51. The Labute approximate surface area is 237 Å². The van der Waals surface area contributed by atoms with Crippen LogP contribution in [-0.2, 0) is 7.05 Å². The molecule has 5 aromatic rings. The van der Waals surface area contributed by atoms with E-state index in [1.54, 1.807) is 0 Å². The van der Waals surface area contributed by atoms with Gasteiger partial charge in [-0.3, -0.25) is 0 Å². The molecule has 0 atom stereocenters. The Hall–Kier alpha value is -3.90. The van der Waals surface area contributed by atoms with Gasteiger partial charge in [-0.05, 0) is 91.7 Å².